The van der Waals surface area contributed by atoms with Gasteiger partial charge in [-0.1, -0.05) is 6.92 Å². The van der Waals surface area contributed by atoms with E-state index in [4.69, 9.17) is 4.42 Å². The molecule has 1 fully saturated rings. The molecule has 1 aliphatic carbocycles. The van der Waals surface area contributed by atoms with Crippen molar-refractivity contribution in [3.63, 3.8) is 0 Å². The number of carbonyl (C=O) groups excluding carboxylic acids is 1. The van der Waals surface area contributed by atoms with Crippen molar-refractivity contribution in [3.8, 4) is 0 Å². The van der Waals surface area contributed by atoms with E-state index >= 15 is 0 Å². The van der Waals surface area contributed by atoms with E-state index in [1.54, 1.807) is 6.07 Å². The Balaban J connectivity index is 2.05. The van der Waals surface area contributed by atoms with Crippen LogP contribution >= 0.6 is 0 Å². The topological polar surface area (TPSA) is 30.2 Å². The largest absolute Gasteiger partial charge is 0.458 e. The molecular weight excluding hydrogens is 164 g/mol. The first-order valence-corrected chi connectivity index (χ1v) is 4.69. The molecule has 1 aromatic rings. The Morgan fingerprint density at radius 3 is 2.69 bits per heavy atom. The minimum Gasteiger partial charge on any atom is -0.458 e. The first-order valence-electron chi connectivity index (χ1n) is 4.69. The van der Waals surface area contributed by atoms with Crippen LogP contribution in [0.4, 0.5) is 0 Å². The standard InChI is InChI=1S/C11H14O2/c1-8-3-4-10(13-8)9(12)7-11(2)5-6-11/h3-4H,5-7H2,1-2H3. The summed E-state index contributed by atoms with van der Waals surface area (Å²) in [6, 6.07) is 3.60. The Kier molecular flexibility index (Phi) is 1.79. The zero-order valence-electron chi connectivity index (χ0n) is 8.09. The fourth-order valence-corrected chi connectivity index (χ4v) is 1.45. The lowest BCUT2D eigenvalue weighted by atomic mass is 10.0. The van der Waals surface area contributed by atoms with Crippen molar-refractivity contribution in [2.24, 2.45) is 5.41 Å². The van der Waals surface area contributed by atoms with E-state index in [2.05, 4.69) is 6.92 Å². The zero-order chi connectivity index (χ0) is 9.47. The monoisotopic (exact) mass is 178 g/mol. The van der Waals surface area contributed by atoms with Gasteiger partial charge in [-0.05, 0) is 37.3 Å². The molecule has 0 bridgehead atoms. The molecule has 0 amide bonds. The van der Waals surface area contributed by atoms with Crippen LogP contribution in [0.2, 0.25) is 0 Å². The summed E-state index contributed by atoms with van der Waals surface area (Å²) in [5.74, 6) is 1.48. The number of rotatable bonds is 3. The van der Waals surface area contributed by atoms with Crippen LogP contribution < -0.4 is 0 Å². The highest BCUT2D eigenvalue weighted by Crippen LogP contribution is 2.48. The summed E-state index contributed by atoms with van der Waals surface area (Å²) in [4.78, 5) is 11.6. The molecule has 0 spiro atoms. The lowest BCUT2D eigenvalue weighted by Gasteiger charge is -2.03. The summed E-state index contributed by atoms with van der Waals surface area (Å²) in [7, 11) is 0. The predicted octanol–water partition coefficient (Wildman–Crippen LogP) is 2.96. The highest BCUT2D eigenvalue weighted by atomic mass is 16.3. The number of furan rings is 1. The highest BCUT2D eigenvalue weighted by molar-refractivity contribution is 5.94. The van der Waals surface area contributed by atoms with Gasteiger partial charge in [-0.3, -0.25) is 4.79 Å². The van der Waals surface area contributed by atoms with Gasteiger partial charge in [0.15, 0.2) is 11.5 Å². The third kappa shape index (κ3) is 1.82. The first kappa shape index (κ1) is 8.54. The molecule has 2 nitrogen and oxygen atoms in total. The van der Waals surface area contributed by atoms with Crippen LogP contribution in [-0.4, -0.2) is 5.78 Å². The smallest absolute Gasteiger partial charge is 0.198 e. The van der Waals surface area contributed by atoms with Crippen LogP contribution in [0.15, 0.2) is 16.5 Å². The second kappa shape index (κ2) is 2.72. The number of hydrogen-bond acceptors (Lipinski definition) is 2. The number of hydrogen-bond donors (Lipinski definition) is 0. The molecule has 0 atom stereocenters. The SMILES string of the molecule is Cc1ccc(C(=O)CC2(C)CC2)o1. The summed E-state index contributed by atoms with van der Waals surface area (Å²) in [6.45, 7) is 4.01. The molecule has 2 rings (SSSR count). The molecule has 1 saturated carbocycles. The minimum atomic E-state index is 0.146. The van der Waals surface area contributed by atoms with Crippen LogP contribution in [0.3, 0.4) is 0 Å². The van der Waals surface area contributed by atoms with Gasteiger partial charge in [-0.15, -0.1) is 0 Å². The number of aryl methyl sites for hydroxylation is 1. The van der Waals surface area contributed by atoms with Crippen LogP contribution in [0.1, 0.15) is 42.5 Å². The third-order valence-electron chi connectivity index (χ3n) is 2.71. The fraction of sp³-hybridized carbons (Fsp3) is 0.545. The molecule has 0 aliphatic heterocycles. The molecule has 0 N–H and O–H groups in total. The van der Waals surface area contributed by atoms with Crippen molar-refractivity contribution < 1.29 is 9.21 Å². The zero-order valence-corrected chi connectivity index (χ0v) is 8.09. The molecule has 1 heterocycles. The Labute approximate surface area is 77.9 Å². The van der Waals surface area contributed by atoms with Crippen molar-refractivity contribution in [2.45, 2.75) is 33.1 Å². The normalized spacial score (nSPS) is 18.6. The quantitative estimate of drug-likeness (QED) is 0.666. The maximum absolute atomic E-state index is 11.6. The van der Waals surface area contributed by atoms with Gasteiger partial charge in [0, 0.05) is 6.42 Å². The van der Waals surface area contributed by atoms with Crippen molar-refractivity contribution in [2.75, 3.05) is 0 Å². The lowest BCUT2D eigenvalue weighted by molar-refractivity contribution is 0.0930. The summed E-state index contributed by atoms with van der Waals surface area (Å²) in [5, 5.41) is 0. The molecular formula is C11H14O2. The summed E-state index contributed by atoms with van der Waals surface area (Å²) >= 11 is 0. The number of ketones is 1. The number of carbonyl (C=O) groups is 1. The highest BCUT2D eigenvalue weighted by Gasteiger charge is 2.39. The summed E-state index contributed by atoms with van der Waals surface area (Å²) < 4.78 is 5.27. The second-order valence-electron chi connectivity index (χ2n) is 4.32. The maximum atomic E-state index is 11.6. The van der Waals surface area contributed by atoms with Gasteiger partial charge in [0.2, 0.25) is 0 Å². The van der Waals surface area contributed by atoms with E-state index in [9.17, 15) is 4.79 Å². The number of Topliss-reactive ketones (excluding diaryl/α,β-unsaturated/α-hetero) is 1. The van der Waals surface area contributed by atoms with Crippen LogP contribution in [0.5, 0.6) is 0 Å². The third-order valence-corrected chi connectivity index (χ3v) is 2.71. The van der Waals surface area contributed by atoms with E-state index in [1.165, 1.54) is 12.8 Å². The Hall–Kier alpha value is -1.05. The van der Waals surface area contributed by atoms with Gasteiger partial charge in [0.05, 0.1) is 0 Å². The van der Waals surface area contributed by atoms with Gasteiger partial charge in [-0.2, -0.15) is 0 Å². The molecule has 13 heavy (non-hydrogen) atoms. The van der Waals surface area contributed by atoms with Gasteiger partial charge < -0.3 is 4.42 Å². The minimum absolute atomic E-state index is 0.146. The van der Waals surface area contributed by atoms with E-state index < -0.39 is 0 Å². The molecule has 1 aromatic heterocycles. The fourth-order valence-electron chi connectivity index (χ4n) is 1.45. The van der Waals surface area contributed by atoms with E-state index in [-0.39, 0.29) is 11.2 Å². The van der Waals surface area contributed by atoms with Crippen LogP contribution in [-0.2, 0) is 0 Å². The van der Waals surface area contributed by atoms with Crippen molar-refractivity contribution in [1.82, 2.24) is 0 Å². The van der Waals surface area contributed by atoms with Crippen molar-refractivity contribution in [3.05, 3.63) is 23.7 Å². The molecule has 0 aromatic carbocycles. The molecule has 70 valence electrons. The van der Waals surface area contributed by atoms with Crippen LogP contribution in [0, 0.1) is 12.3 Å². The molecule has 0 unspecified atom stereocenters. The van der Waals surface area contributed by atoms with E-state index in [0.717, 1.165) is 5.76 Å². The second-order valence-corrected chi connectivity index (χ2v) is 4.32. The first-order chi connectivity index (χ1) is 6.09. The van der Waals surface area contributed by atoms with E-state index in [1.807, 2.05) is 13.0 Å². The Morgan fingerprint density at radius 2 is 2.23 bits per heavy atom. The van der Waals surface area contributed by atoms with Crippen LogP contribution in [0.25, 0.3) is 0 Å². The van der Waals surface area contributed by atoms with E-state index in [0.29, 0.717) is 12.2 Å². The summed E-state index contributed by atoms with van der Waals surface area (Å²) in [5.41, 5.74) is 0.276. The molecule has 2 heteroatoms. The van der Waals surface area contributed by atoms with Crippen molar-refractivity contribution in [1.29, 1.82) is 0 Å². The Morgan fingerprint density at radius 1 is 1.54 bits per heavy atom. The lowest BCUT2D eigenvalue weighted by Crippen LogP contribution is -2.04. The van der Waals surface area contributed by atoms with Crippen molar-refractivity contribution >= 4 is 5.78 Å². The predicted molar refractivity (Wildman–Crippen MR) is 49.7 cm³/mol. The molecule has 1 aliphatic rings. The van der Waals surface area contributed by atoms with Gasteiger partial charge in [-0.25, -0.2) is 0 Å². The molecule has 0 radical (unpaired) electrons. The summed E-state index contributed by atoms with van der Waals surface area (Å²) in [6.07, 6.45) is 3.00. The van der Waals surface area contributed by atoms with Gasteiger partial charge in [0.1, 0.15) is 5.76 Å². The average molecular weight is 178 g/mol. The average Bonchev–Trinajstić information content (AvgIpc) is 2.62. The Bertz CT molecular complexity index is 332. The maximum Gasteiger partial charge on any atom is 0.198 e. The van der Waals surface area contributed by atoms with Gasteiger partial charge in [0.25, 0.3) is 0 Å². The molecule has 0 saturated heterocycles. The van der Waals surface area contributed by atoms with Gasteiger partial charge >= 0.3 is 0 Å².